The molecule has 1 aliphatic rings. The number of hydrogen-bond donors (Lipinski definition) is 1. The van der Waals surface area contributed by atoms with Gasteiger partial charge in [-0.3, -0.25) is 14.6 Å². The van der Waals surface area contributed by atoms with Crippen LogP contribution in [0.4, 0.5) is 5.69 Å². The summed E-state index contributed by atoms with van der Waals surface area (Å²) in [7, 11) is -3.63. The molecule has 1 aromatic heterocycles. The lowest BCUT2D eigenvalue weighted by molar-refractivity contribution is -0.152. The summed E-state index contributed by atoms with van der Waals surface area (Å²) in [6, 6.07) is 9.67. The van der Waals surface area contributed by atoms with Gasteiger partial charge in [-0.2, -0.15) is 4.31 Å². The fourth-order valence-corrected chi connectivity index (χ4v) is 4.62. The number of halogens is 1. The van der Waals surface area contributed by atoms with Gasteiger partial charge in [0.25, 0.3) is 5.91 Å². The number of nitrogens with one attached hydrogen (secondary N) is 1. The number of hydrogen-bond acceptors (Lipinski definition) is 6. The molecule has 0 unspecified atom stereocenters. The maximum atomic E-state index is 12.6. The number of nitrogens with zero attached hydrogens (tertiary/aromatic N) is 2. The second kappa shape index (κ2) is 9.34. The van der Waals surface area contributed by atoms with E-state index in [1.165, 1.54) is 22.8 Å². The first-order valence-corrected chi connectivity index (χ1v) is 10.8. The SMILES string of the molecule is O=C(COC(=O)C1CCN(S(=O)(=O)c2cccnc2)CC1)Nc1cccc(Cl)c1. The van der Waals surface area contributed by atoms with E-state index in [4.69, 9.17) is 16.3 Å². The van der Waals surface area contributed by atoms with Gasteiger partial charge in [0.1, 0.15) is 4.90 Å². The van der Waals surface area contributed by atoms with Crippen molar-refractivity contribution in [2.75, 3.05) is 25.0 Å². The number of amides is 1. The van der Waals surface area contributed by atoms with Gasteiger partial charge < -0.3 is 10.1 Å². The Morgan fingerprint density at radius 3 is 2.62 bits per heavy atom. The first kappa shape index (κ1) is 21.2. The lowest BCUT2D eigenvalue weighted by atomic mass is 9.98. The van der Waals surface area contributed by atoms with Crippen LogP contribution < -0.4 is 5.32 Å². The van der Waals surface area contributed by atoms with Gasteiger partial charge in [0, 0.05) is 36.2 Å². The lowest BCUT2D eigenvalue weighted by Crippen LogP contribution is -2.40. The molecule has 1 amide bonds. The second-order valence-corrected chi connectivity index (χ2v) is 8.91. The first-order valence-electron chi connectivity index (χ1n) is 8.98. The van der Waals surface area contributed by atoms with Crippen molar-refractivity contribution >= 4 is 39.2 Å². The van der Waals surface area contributed by atoms with E-state index >= 15 is 0 Å². The van der Waals surface area contributed by atoms with E-state index in [9.17, 15) is 18.0 Å². The molecule has 154 valence electrons. The minimum Gasteiger partial charge on any atom is -0.455 e. The third kappa shape index (κ3) is 5.53. The molecule has 0 spiro atoms. The van der Waals surface area contributed by atoms with Crippen LogP contribution in [0.2, 0.25) is 5.02 Å². The molecule has 0 atom stereocenters. The van der Waals surface area contributed by atoms with E-state index in [2.05, 4.69) is 10.3 Å². The first-order chi connectivity index (χ1) is 13.9. The van der Waals surface area contributed by atoms with Gasteiger partial charge in [-0.25, -0.2) is 8.42 Å². The molecule has 3 rings (SSSR count). The lowest BCUT2D eigenvalue weighted by Gasteiger charge is -2.29. The molecule has 2 aromatic rings. The van der Waals surface area contributed by atoms with Crippen molar-refractivity contribution in [1.29, 1.82) is 0 Å². The molecule has 10 heteroatoms. The summed E-state index contributed by atoms with van der Waals surface area (Å²) in [5.74, 6) is -1.43. The topological polar surface area (TPSA) is 106 Å². The molecule has 1 aliphatic heterocycles. The smallest absolute Gasteiger partial charge is 0.309 e. The summed E-state index contributed by atoms with van der Waals surface area (Å²) in [5, 5.41) is 3.07. The quantitative estimate of drug-likeness (QED) is 0.695. The van der Waals surface area contributed by atoms with Gasteiger partial charge in [-0.1, -0.05) is 17.7 Å². The van der Waals surface area contributed by atoms with E-state index in [-0.39, 0.29) is 18.0 Å². The standard InChI is InChI=1S/C19H20ClN3O5S/c20-15-3-1-4-16(11-15)22-18(24)13-28-19(25)14-6-9-23(10-7-14)29(26,27)17-5-2-8-21-12-17/h1-5,8,11-12,14H,6-7,9-10,13H2,(H,22,24). The number of carbonyl (C=O) groups excluding carboxylic acids is 2. The van der Waals surface area contributed by atoms with E-state index in [0.717, 1.165) is 0 Å². The van der Waals surface area contributed by atoms with Crippen LogP contribution in [0.15, 0.2) is 53.7 Å². The number of rotatable bonds is 6. The second-order valence-electron chi connectivity index (χ2n) is 6.53. The summed E-state index contributed by atoms with van der Waals surface area (Å²) < 4.78 is 31.6. The Bertz CT molecular complexity index is 976. The molecule has 1 saturated heterocycles. The van der Waals surface area contributed by atoms with E-state index < -0.39 is 34.4 Å². The minimum atomic E-state index is -3.63. The van der Waals surface area contributed by atoms with Crippen molar-refractivity contribution in [2.24, 2.45) is 5.92 Å². The molecular formula is C19H20ClN3O5S. The van der Waals surface area contributed by atoms with Crippen LogP contribution in [0.3, 0.4) is 0 Å². The highest BCUT2D eigenvalue weighted by molar-refractivity contribution is 7.89. The van der Waals surface area contributed by atoms with Crippen molar-refractivity contribution in [3.63, 3.8) is 0 Å². The Labute approximate surface area is 173 Å². The van der Waals surface area contributed by atoms with Crippen LogP contribution in [0, 0.1) is 5.92 Å². The van der Waals surface area contributed by atoms with Gasteiger partial charge in [-0.15, -0.1) is 0 Å². The number of ether oxygens (including phenoxy) is 1. The van der Waals surface area contributed by atoms with Crippen LogP contribution in [-0.2, 0) is 24.3 Å². The highest BCUT2D eigenvalue weighted by atomic mass is 35.5. The van der Waals surface area contributed by atoms with Crippen molar-refractivity contribution < 1.29 is 22.7 Å². The van der Waals surface area contributed by atoms with Gasteiger partial charge >= 0.3 is 5.97 Å². The normalized spacial score (nSPS) is 15.6. The fraction of sp³-hybridized carbons (Fsp3) is 0.316. The number of esters is 1. The number of pyridine rings is 1. The molecule has 0 radical (unpaired) electrons. The number of carbonyl (C=O) groups is 2. The Balaban J connectivity index is 1.47. The summed E-state index contributed by atoms with van der Waals surface area (Å²) in [6.45, 7) is -0.0169. The maximum Gasteiger partial charge on any atom is 0.309 e. The highest BCUT2D eigenvalue weighted by Gasteiger charge is 2.33. The van der Waals surface area contributed by atoms with Crippen LogP contribution >= 0.6 is 11.6 Å². The van der Waals surface area contributed by atoms with E-state index in [1.807, 2.05) is 0 Å². The number of sulfonamides is 1. The average Bonchev–Trinajstić information content (AvgIpc) is 2.73. The van der Waals surface area contributed by atoms with Crippen molar-refractivity contribution in [3.8, 4) is 0 Å². The molecule has 1 aromatic carbocycles. The zero-order valence-electron chi connectivity index (χ0n) is 15.5. The summed E-state index contributed by atoms with van der Waals surface area (Å²) in [6.07, 6.45) is 3.46. The van der Waals surface area contributed by atoms with Gasteiger partial charge in [-0.05, 0) is 43.2 Å². The Morgan fingerprint density at radius 2 is 1.97 bits per heavy atom. The Kier molecular flexibility index (Phi) is 6.83. The third-order valence-corrected chi connectivity index (χ3v) is 6.63. The average molecular weight is 438 g/mol. The molecule has 0 bridgehead atoms. The molecule has 29 heavy (non-hydrogen) atoms. The fourth-order valence-electron chi connectivity index (χ4n) is 3.00. The van der Waals surface area contributed by atoms with Crippen LogP contribution in [0.5, 0.6) is 0 Å². The zero-order valence-corrected chi connectivity index (χ0v) is 17.0. The monoisotopic (exact) mass is 437 g/mol. The molecule has 1 N–H and O–H groups in total. The largest absolute Gasteiger partial charge is 0.455 e. The summed E-state index contributed by atoms with van der Waals surface area (Å²) in [4.78, 5) is 28.1. The maximum absolute atomic E-state index is 12.6. The molecular weight excluding hydrogens is 418 g/mol. The van der Waals surface area contributed by atoms with Crippen LogP contribution in [0.1, 0.15) is 12.8 Å². The molecule has 0 aliphatic carbocycles. The number of benzene rings is 1. The van der Waals surface area contributed by atoms with Gasteiger partial charge in [0.2, 0.25) is 10.0 Å². The zero-order chi connectivity index (χ0) is 20.9. The minimum absolute atomic E-state index is 0.124. The molecule has 1 fully saturated rings. The summed E-state index contributed by atoms with van der Waals surface area (Å²) >= 11 is 5.85. The third-order valence-electron chi connectivity index (χ3n) is 4.51. The number of piperidine rings is 1. The molecule has 8 nitrogen and oxygen atoms in total. The predicted molar refractivity (Wildman–Crippen MR) is 107 cm³/mol. The van der Waals surface area contributed by atoms with Gasteiger partial charge in [0.15, 0.2) is 6.61 Å². The van der Waals surface area contributed by atoms with Crippen LogP contribution in [0.25, 0.3) is 0 Å². The van der Waals surface area contributed by atoms with Crippen molar-refractivity contribution in [2.45, 2.75) is 17.7 Å². The highest BCUT2D eigenvalue weighted by Crippen LogP contribution is 2.24. The number of aromatic nitrogens is 1. The summed E-state index contributed by atoms with van der Waals surface area (Å²) in [5.41, 5.74) is 0.507. The van der Waals surface area contributed by atoms with E-state index in [1.54, 1.807) is 30.3 Å². The van der Waals surface area contributed by atoms with Gasteiger partial charge in [0.05, 0.1) is 5.92 Å². The Morgan fingerprint density at radius 1 is 1.21 bits per heavy atom. The van der Waals surface area contributed by atoms with Crippen LogP contribution in [-0.4, -0.2) is 49.3 Å². The Hall–Kier alpha value is -2.49. The molecule has 0 saturated carbocycles. The molecule has 2 heterocycles. The van der Waals surface area contributed by atoms with E-state index in [0.29, 0.717) is 23.6 Å². The predicted octanol–water partition coefficient (Wildman–Crippen LogP) is 2.32. The number of anilines is 1. The van der Waals surface area contributed by atoms with Crippen molar-refractivity contribution in [3.05, 3.63) is 53.8 Å². The van der Waals surface area contributed by atoms with Crippen molar-refractivity contribution in [1.82, 2.24) is 9.29 Å².